The quantitative estimate of drug-likeness (QED) is 0.755. The molecule has 0 bridgehead atoms. The molecule has 70 valence electrons. The monoisotopic (exact) mass is 208 g/mol. The molecule has 0 saturated carbocycles. The van der Waals surface area contributed by atoms with E-state index in [-0.39, 0.29) is 5.15 Å². The van der Waals surface area contributed by atoms with Crippen LogP contribution in [0.25, 0.3) is 11.3 Å². The van der Waals surface area contributed by atoms with E-state index in [4.69, 9.17) is 11.6 Å². The number of rotatable bonds is 1. The zero-order chi connectivity index (χ0) is 9.97. The van der Waals surface area contributed by atoms with Gasteiger partial charge in [-0.3, -0.25) is 4.98 Å². The molecule has 2 heterocycles. The second-order valence-electron chi connectivity index (χ2n) is 2.50. The van der Waals surface area contributed by atoms with Gasteiger partial charge in [-0.1, -0.05) is 11.6 Å². The van der Waals surface area contributed by atoms with E-state index in [1.54, 1.807) is 0 Å². The number of aromatic amines is 1. The van der Waals surface area contributed by atoms with E-state index < -0.39 is 5.69 Å². The molecule has 0 aliphatic heterocycles. The molecule has 0 aliphatic rings. The van der Waals surface area contributed by atoms with Crippen molar-refractivity contribution >= 4 is 11.6 Å². The fourth-order valence-corrected chi connectivity index (χ4v) is 1.20. The topological polar surface area (TPSA) is 71.5 Å². The van der Waals surface area contributed by atoms with Gasteiger partial charge in [-0.2, -0.15) is 0 Å². The lowest BCUT2D eigenvalue weighted by atomic mass is 10.2. The third-order valence-electron chi connectivity index (χ3n) is 1.60. The molecule has 0 fully saturated rings. The molecule has 0 amide bonds. The minimum Gasteiger partial charge on any atom is -0.312 e. The van der Waals surface area contributed by atoms with Gasteiger partial charge >= 0.3 is 5.69 Å². The van der Waals surface area contributed by atoms with Crippen molar-refractivity contribution in [3.8, 4) is 11.3 Å². The van der Waals surface area contributed by atoms with E-state index in [1.807, 2.05) is 0 Å². The maximum atomic E-state index is 10.7. The zero-order valence-corrected chi connectivity index (χ0v) is 7.69. The van der Waals surface area contributed by atoms with Gasteiger partial charge in [-0.15, -0.1) is 0 Å². The molecule has 0 atom stereocenters. The maximum absolute atomic E-state index is 10.7. The zero-order valence-electron chi connectivity index (χ0n) is 6.94. The Hall–Kier alpha value is -1.75. The van der Waals surface area contributed by atoms with Crippen molar-refractivity contribution in [2.45, 2.75) is 0 Å². The highest BCUT2D eigenvalue weighted by molar-refractivity contribution is 6.31. The van der Waals surface area contributed by atoms with E-state index in [0.717, 1.165) is 0 Å². The van der Waals surface area contributed by atoms with E-state index in [1.165, 1.54) is 24.8 Å². The van der Waals surface area contributed by atoms with Crippen molar-refractivity contribution in [1.29, 1.82) is 0 Å². The van der Waals surface area contributed by atoms with Crippen molar-refractivity contribution in [1.82, 2.24) is 19.9 Å². The Labute approximate surface area is 83.8 Å². The Kier molecular flexibility index (Phi) is 2.24. The normalized spacial score (nSPS) is 10.1. The summed E-state index contributed by atoms with van der Waals surface area (Å²) in [5.74, 6) is 0. The van der Waals surface area contributed by atoms with Crippen LogP contribution < -0.4 is 5.69 Å². The van der Waals surface area contributed by atoms with E-state index in [2.05, 4.69) is 19.9 Å². The van der Waals surface area contributed by atoms with E-state index in [9.17, 15) is 4.79 Å². The van der Waals surface area contributed by atoms with Crippen molar-refractivity contribution in [2.75, 3.05) is 0 Å². The average molecular weight is 209 g/mol. The summed E-state index contributed by atoms with van der Waals surface area (Å²) in [6.07, 6.45) is 5.90. The fourth-order valence-electron chi connectivity index (χ4n) is 0.986. The average Bonchev–Trinajstić information content (AvgIpc) is 2.20. The highest BCUT2D eigenvalue weighted by atomic mass is 35.5. The third kappa shape index (κ3) is 1.62. The molecule has 14 heavy (non-hydrogen) atoms. The number of halogens is 1. The molecule has 0 unspecified atom stereocenters. The van der Waals surface area contributed by atoms with Crippen molar-refractivity contribution in [3.05, 3.63) is 40.4 Å². The van der Waals surface area contributed by atoms with Gasteiger partial charge in [0.05, 0.1) is 0 Å². The molecule has 2 aromatic rings. The number of nitrogens with zero attached hydrogens (tertiary/aromatic N) is 3. The highest BCUT2D eigenvalue weighted by Gasteiger charge is 2.05. The second-order valence-corrected chi connectivity index (χ2v) is 2.86. The Morgan fingerprint density at radius 1 is 1.21 bits per heavy atom. The summed E-state index contributed by atoms with van der Waals surface area (Å²) in [5, 5.41) is 0.279. The summed E-state index contributed by atoms with van der Waals surface area (Å²) in [4.78, 5) is 24.6. The van der Waals surface area contributed by atoms with Crippen LogP contribution in [-0.4, -0.2) is 19.9 Å². The maximum Gasteiger partial charge on any atom is 0.344 e. The van der Waals surface area contributed by atoms with Gasteiger partial charge in [-0.05, 0) is 0 Å². The van der Waals surface area contributed by atoms with Gasteiger partial charge in [0.2, 0.25) is 0 Å². The number of hydrogen-bond donors (Lipinski definition) is 1. The molecule has 1 N–H and O–H groups in total. The Bertz CT molecular complexity index is 490. The molecule has 0 spiro atoms. The first-order valence-corrected chi connectivity index (χ1v) is 4.17. The summed E-state index contributed by atoms with van der Waals surface area (Å²) in [6, 6.07) is 0. The van der Waals surface area contributed by atoms with Crippen LogP contribution >= 0.6 is 11.6 Å². The number of hydrogen-bond acceptors (Lipinski definition) is 4. The molecular formula is C8H5ClN4O. The van der Waals surface area contributed by atoms with Crippen LogP contribution in [0, 0.1) is 0 Å². The molecule has 0 aromatic carbocycles. The van der Waals surface area contributed by atoms with Crippen molar-refractivity contribution in [2.24, 2.45) is 0 Å². The van der Waals surface area contributed by atoms with E-state index in [0.29, 0.717) is 11.3 Å². The predicted molar refractivity (Wildman–Crippen MR) is 50.9 cm³/mol. The second kappa shape index (κ2) is 3.55. The van der Waals surface area contributed by atoms with Gasteiger partial charge in [0.25, 0.3) is 0 Å². The first-order chi connectivity index (χ1) is 6.77. The van der Waals surface area contributed by atoms with Crippen LogP contribution in [0.2, 0.25) is 5.15 Å². The van der Waals surface area contributed by atoms with Gasteiger partial charge in [0.15, 0.2) is 5.15 Å². The molecular weight excluding hydrogens is 204 g/mol. The van der Waals surface area contributed by atoms with Crippen LogP contribution in [0.1, 0.15) is 0 Å². The van der Waals surface area contributed by atoms with Gasteiger partial charge < -0.3 is 4.98 Å². The first kappa shape index (κ1) is 8.83. The van der Waals surface area contributed by atoms with Gasteiger partial charge in [0.1, 0.15) is 5.69 Å². The van der Waals surface area contributed by atoms with Crippen LogP contribution in [0.5, 0.6) is 0 Å². The lowest BCUT2D eigenvalue weighted by Gasteiger charge is -1.99. The Morgan fingerprint density at radius 3 is 2.64 bits per heavy atom. The van der Waals surface area contributed by atoms with Crippen molar-refractivity contribution in [3.63, 3.8) is 0 Å². The van der Waals surface area contributed by atoms with E-state index >= 15 is 0 Å². The third-order valence-corrected chi connectivity index (χ3v) is 1.88. The number of aromatic nitrogens is 4. The van der Waals surface area contributed by atoms with Crippen LogP contribution in [0.15, 0.2) is 29.6 Å². The predicted octanol–water partition coefficient (Wildman–Crippen LogP) is 0.880. The molecule has 2 rings (SSSR count). The Balaban J connectivity index is 2.55. The van der Waals surface area contributed by atoms with Crippen LogP contribution in [-0.2, 0) is 0 Å². The smallest absolute Gasteiger partial charge is 0.312 e. The largest absolute Gasteiger partial charge is 0.344 e. The standard InChI is InChI=1S/C8H5ClN4O/c9-7-6(10-1-2-11-7)5-3-12-8(14)13-4-5/h1-4H,(H,12,13,14). The van der Waals surface area contributed by atoms with Crippen LogP contribution in [0.3, 0.4) is 0 Å². The van der Waals surface area contributed by atoms with Gasteiger partial charge in [-0.25, -0.2) is 14.8 Å². The highest BCUT2D eigenvalue weighted by Crippen LogP contribution is 2.20. The number of nitrogens with one attached hydrogen (secondary N) is 1. The fraction of sp³-hybridized carbons (Fsp3) is 0. The summed E-state index contributed by atoms with van der Waals surface area (Å²) >= 11 is 5.81. The number of H-pyrrole nitrogens is 1. The Morgan fingerprint density at radius 2 is 2.00 bits per heavy atom. The molecule has 0 aliphatic carbocycles. The summed E-state index contributed by atoms with van der Waals surface area (Å²) in [5.41, 5.74) is 0.717. The summed E-state index contributed by atoms with van der Waals surface area (Å²) in [7, 11) is 0. The molecule has 0 saturated heterocycles. The van der Waals surface area contributed by atoms with Gasteiger partial charge in [0, 0.05) is 30.4 Å². The minimum atomic E-state index is -0.409. The summed E-state index contributed by atoms with van der Waals surface area (Å²) in [6.45, 7) is 0. The SMILES string of the molecule is O=c1ncc(-c2nccnc2Cl)c[nH]1. The molecule has 6 heteroatoms. The minimum absolute atomic E-state index is 0.279. The van der Waals surface area contributed by atoms with Crippen molar-refractivity contribution < 1.29 is 0 Å². The summed E-state index contributed by atoms with van der Waals surface area (Å²) < 4.78 is 0. The lowest BCUT2D eigenvalue weighted by Crippen LogP contribution is -2.08. The molecule has 0 radical (unpaired) electrons. The first-order valence-electron chi connectivity index (χ1n) is 3.79. The molecule has 5 nitrogen and oxygen atoms in total. The van der Waals surface area contributed by atoms with Crippen LogP contribution in [0.4, 0.5) is 0 Å². The molecule has 2 aromatic heterocycles. The lowest BCUT2D eigenvalue weighted by molar-refractivity contribution is 1.07.